The number of hydrogen-bond acceptors (Lipinski definition) is 1. The molecule has 0 atom stereocenters. The molecule has 6 aromatic rings. The van der Waals surface area contributed by atoms with Crippen LogP contribution in [0.3, 0.4) is 0 Å². The Bertz CT molecular complexity index is 2040. The summed E-state index contributed by atoms with van der Waals surface area (Å²) in [5.41, 5.74) is 15.8. The molecule has 43 heavy (non-hydrogen) atoms. The number of fused-ring (bicyclic) bond motifs is 8. The third-order valence-corrected chi connectivity index (χ3v) is 10.5. The average molecular weight is 621 g/mol. The highest BCUT2D eigenvalue weighted by Crippen LogP contribution is 2.58. The van der Waals surface area contributed by atoms with Crippen molar-refractivity contribution in [1.29, 1.82) is 0 Å². The van der Waals surface area contributed by atoms with E-state index < -0.39 is 0 Å². The zero-order valence-corrected chi connectivity index (χ0v) is 26.9. The monoisotopic (exact) mass is 619 g/mol. The first-order valence-corrected chi connectivity index (χ1v) is 15.9. The summed E-state index contributed by atoms with van der Waals surface area (Å²) in [7, 11) is 0. The topological polar surface area (TPSA) is 3.24 Å². The molecule has 1 nitrogen and oxygen atoms in total. The van der Waals surface area contributed by atoms with Gasteiger partial charge in [-0.25, -0.2) is 0 Å². The predicted molar refractivity (Wildman–Crippen MR) is 186 cm³/mol. The zero-order chi connectivity index (χ0) is 29.7. The molecule has 0 heterocycles. The van der Waals surface area contributed by atoms with Gasteiger partial charge in [0.1, 0.15) is 0 Å². The Morgan fingerprint density at radius 3 is 1.79 bits per heavy atom. The second-order valence-electron chi connectivity index (χ2n) is 13.3. The van der Waals surface area contributed by atoms with Crippen LogP contribution in [0, 0.1) is 6.92 Å². The first-order valence-electron chi connectivity index (χ1n) is 15.1. The summed E-state index contributed by atoms with van der Waals surface area (Å²) in [5.74, 6) is 0. The Kier molecular flexibility index (Phi) is 5.65. The molecule has 210 valence electrons. The molecule has 0 radical (unpaired) electrons. The second kappa shape index (κ2) is 9.18. The minimum atomic E-state index is -0.154. The van der Waals surface area contributed by atoms with Crippen LogP contribution in [0.1, 0.15) is 55.5 Å². The lowest BCUT2D eigenvalue weighted by Gasteiger charge is -2.30. The minimum absolute atomic E-state index is 0.0343. The van der Waals surface area contributed by atoms with Gasteiger partial charge in [-0.2, -0.15) is 0 Å². The summed E-state index contributed by atoms with van der Waals surface area (Å²) in [6.07, 6.45) is 0. The third kappa shape index (κ3) is 3.76. The smallest absolute Gasteiger partial charge is 0.0543 e. The molecule has 8 rings (SSSR count). The second-order valence-corrected chi connectivity index (χ2v) is 14.2. The Morgan fingerprint density at radius 2 is 1.07 bits per heavy atom. The van der Waals surface area contributed by atoms with Crippen molar-refractivity contribution in [3.63, 3.8) is 0 Å². The number of rotatable bonds is 3. The van der Waals surface area contributed by atoms with Crippen molar-refractivity contribution < 1.29 is 0 Å². The van der Waals surface area contributed by atoms with Gasteiger partial charge in [0.2, 0.25) is 0 Å². The fourth-order valence-corrected chi connectivity index (χ4v) is 7.92. The molecule has 0 spiro atoms. The van der Waals surface area contributed by atoms with E-state index in [-0.39, 0.29) is 10.8 Å². The summed E-state index contributed by atoms with van der Waals surface area (Å²) in [5, 5.41) is 2.57. The molecule has 0 saturated heterocycles. The van der Waals surface area contributed by atoms with Gasteiger partial charge >= 0.3 is 0 Å². The maximum Gasteiger partial charge on any atom is 0.0543 e. The van der Waals surface area contributed by atoms with Gasteiger partial charge in [-0.3, -0.25) is 0 Å². The Balaban J connectivity index is 1.42. The van der Waals surface area contributed by atoms with Crippen LogP contribution in [-0.2, 0) is 10.8 Å². The van der Waals surface area contributed by atoms with E-state index in [0.717, 1.165) is 15.8 Å². The van der Waals surface area contributed by atoms with Gasteiger partial charge in [-0.05, 0) is 111 Å². The van der Waals surface area contributed by atoms with Crippen molar-refractivity contribution in [2.75, 3.05) is 4.90 Å². The molecular weight excluding hydrogens is 586 g/mol. The standard InChI is InChI=1S/C41H34BrN/c1-25-14-18-27(19-15-25)43(28-20-16-26(42)17-21-28)38-24-37-39(31-12-7-6-11-30(31)38)33-23-35-32(22-36(33)41(37,4)5)29-10-8-9-13-34(29)40(35,2)3/h6-24H,1-5H3. The number of hydrogen-bond donors (Lipinski definition) is 0. The Hall–Kier alpha value is -4.14. The number of nitrogens with zero attached hydrogens (tertiary/aromatic N) is 1. The molecule has 2 aliphatic rings. The Labute approximate surface area is 263 Å². The van der Waals surface area contributed by atoms with E-state index in [9.17, 15) is 0 Å². The quantitative estimate of drug-likeness (QED) is 0.190. The van der Waals surface area contributed by atoms with E-state index in [1.807, 2.05) is 0 Å². The molecule has 6 aromatic carbocycles. The van der Waals surface area contributed by atoms with Crippen LogP contribution in [0.4, 0.5) is 17.1 Å². The highest BCUT2D eigenvalue weighted by atomic mass is 79.9. The largest absolute Gasteiger partial charge is 0.310 e. The summed E-state index contributed by atoms with van der Waals surface area (Å²) < 4.78 is 1.08. The van der Waals surface area contributed by atoms with Crippen LogP contribution in [-0.4, -0.2) is 0 Å². The first kappa shape index (κ1) is 26.5. The van der Waals surface area contributed by atoms with E-state index in [4.69, 9.17) is 0 Å². The van der Waals surface area contributed by atoms with Gasteiger partial charge in [0.05, 0.1) is 5.69 Å². The molecule has 0 unspecified atom stereocenters. The van der Waals surface area contributed by atoms with Gasteiger partial charge in [0.25, 0.3) is 0 Å². The SMILES string of the molecule is Cc1ccc(N(c2ccc(Br)cc2)c2cc3c(c4ccccc24)-c2cc4c(cc2C3(C)C)-c2ccccc2C4(C)C)cc1. The van der Waals surface area contributed by atoms with Gasteiger partial charge in [-0.1, -0.05) is 110 Å². The molecule has 2 aliphatic carbocycles. The molecule has 0 N–H and O–H groups in total. The van der Waals surface area contributed by atoms with Crippen molar-refractivity contribution in [2.24, 2.45) is 0 Å². The summed E-state index contributed by atoms with van der Waals surface area (Å²) >= 11 is 3.65. The molecule has 0 bridgehead atoms. The number of aryl methyl sites for hydroxylation is 1. The first-order chi connectivity index (χ1) is 20.7. The maximum atomic E-state index is 3.65. The fourth-order valence-electron chi connectivity index (χ4n) is 7.65. The van der Waals surface area contributed by atoms with Crippen molar-refractivity contribution >= 4 is 43.8 Å². The average Bonchev–Trinajstić information content (AvgIpc) is 3.37. The molecule has 0 aliphatic heterocycles. The van der Waals surface area contributed by atoms with Crippen LogP contribution in [0.5, 0.6) is 0 Å². The molecule has 2 heteroatoms. The maximum absolute atomic E-state index is 3.65. The van der Waals surface area contributed by atoms with E-state index in [2.05, 4.69) is 171 Å². The molecular formula is C41H34BrN. The minimum Gasteiger partial charge on any atom is -0.310 e. The normalized spacial score (nSPS) is 15.1. The van der Waals surface area contributed by atoms with E-state index >= 15 is 0 Å². The fraction of sp³-hybridized carbons (Fsp3) is 0.171. The number of benzene rings is 6. The van der Waals surface area contributed by atoms with Gasteiger partial charge < -0.3 is 4.90 Å². The van der Waals surface area contributed by atoms with Crippen LogP contribution >= 0.6 is 15.9 Å². The van der Waals surface area contributed by atoms with Crippen LogP contribution in [0.2, 0.25) is 0 Å². The molecule has 0 saturated carbocycles. The molecule has 0 aromatic heterocycles. The van der Waals surface area contributed by atoms with Gasteiger partial charge in [0.15, 0.2) is 0 Å². The summed E-state index contributed by atoms with van der Waals surface area (Å²) in [6.45, 7) is 11.7. The van der Waals surface area contributed by atoms with Crippen LogP contribution in [0.15, 0.2) is 120 Å². The zero-order valence-electron chi connectivity index (χ0n) is 25.3. The van der Waals surface area contributed by atoms with Gasteiger partial charge in [-0.15, -0.1) is 0 Å². The highest BCUT2D eigenvalue weighted by Gasteiger charge is 2.42. The summed E-state index contributed by atoms with van der Waals surface area (Å²) in [4.78, 5) is 2.42. The molecule has 0 fully saturated rings. The predicted octanol–water partition coefficient (Wildman–Crippen LogP) is 12.0. The number of halogens is 1. The highest BCUT2D eigenvalue weighted by molar-refractivity contribution is 9.10. The van der Waals surface area contributed by atoms with E-state index in [1.54, 1.807) is 0 Å². The van der Waals surface area contributed by atoms with Crippen molar-refractivity contribution in [1.82, 2.24) is 0 Å². The lowest BCUT2D eigenvalue weighted by atomic mass is 9.79. The lowest BCUT2D eigenvalue weighted by Crippen LogP contribution is -2.17. The van der Waals surface area contributed by atoms with Gasteiger partial charge in [0, 0.05) is 32.1 Å². The van der Waals surface area contributed by atoms with Crippen LogP contribution in [0.25, 0.3) is 33.0 Å². The van der Waals surface area contributed by atoms with Crippen molar-refractivity contribution in [2.45, 2.75) is 45.4 Å². The van der Waals surface area contributed by atoms with Crippen LogP contribution < -0.4 is 4.90 Å². The number of anilines is 3. The third-order valence-electron chi connectivity index (χ3n) is 9.98. The van der Waals surface area contributed by atoms with Crippen molar-refractivity contribution in [3.05, 3.63) is 148 Å². The van der Waals surface area contributed by atoms with Crippen molar-refractivity contribution in [3.8, 4) is 22.3 Å². The van der Waals surface area contributed by atoms with E-state index in [1.165, 1.54) is 66.5 Å². The van der Waals surface area contributed by atoms with E-state index in [0.29, 0.717) is 0 Å². The Morgan fingerprint density at radius 1 is 0.512 bits per heavy atom. The molecule has 0 amide bonds. The summed E-state index contributed by atoms with van der Waals surface area (Å²) in [6, 6.07) is 43.0. The lowest BCUT2D eigenvalue weighted by molar-refractivity contribution is 0.652.